The minimum absolute atomic E-state index is 0.0631. The predicted octanol–water partition coefficient (Wildman–Crippen LogP) is 6.03. The van der Waals surface area contributed by atoms with Crippen LogP contribution in [0, 0.1) is 0 Å². The van der Waals surface area contributed by atoms with E-state index in [1.165, 1.54) is 12.7 Å². The molecular formula is C24H39BO4. The molecule has 0 spiro atoms. The second-order valence-corrected chi connectivity index (χ2v) is 7.06. The summed E-state index contributed by atoms with van der Waals surface area (Å²) >= 11 is 0. The van der Waals surface area contributed by atoms with Crippen LogP contribution in [0.1, 0.15) is 93.6 Å². The number of esters is 1. The fourth-order valence-electron chi connectivity index (χ4n) is 3.52. The summed E-state index contributed by atoms with van der Waals surface area (Å²) in [6.07, 6.45) is 8.63. The van der Waals surface area contributed by atoms with E-state index in [9.17, 15) is 15.0 Å². The van der Waals surface area contributed by atoms with Crippen molar-refractivity contribution in [2.45, 2.75) is 85.4 Å². The zero-order chi connectivity index (χ0) is 22.4. The number of phenols is 2. The number of carbonyl (C=O) groups excluding carboxylic acids is 1. The minimum Gasteiger partial charge on any atom is -0.507 e. The first kappa shape index (κ1) is 27.0. The van der Waals surface area contributed by atoms with E-state index in [1.807, 2.05) is 20.7 Å². The molecule has 2 N–H and O–H groups in total. The number of methoxy groups -OCH3 is 1. The molecule has 0 saturated heterocycles. The van der Waals surface area contributed by atoms with E-state index in [4.69, 9.17) is 4.74 Å². The van der Waals surface area contributed by atoms with E-state index in [2.05, 4.69) is 26.4 Å². The molecule has 1 aliphatic rings. The summed E-state index contributed by atoms with van der Waals surface area (Å²) in [7, 11) is 1.31. The van der Waals surface area contributed by atoms with Gasteiger partial charge in [-0.2, -0.15) is 0 Å². The van der Waals surface area contributed by atoms with Gasteiger partial charge in [-0.1, -0.05) is 45.3 Å². The summed E-state index contributed by atoms with van der Waals surface area (Å²) in [4.78, 5) is 12.2. The van der Waals surface area contributed by atoms with Gasteiger partial charge in [0.2, 0.25) is 0 Å². The van der Waals surface area contributed by atoms with Crippen LogP contribution in [-0.2, 0) is 11.2 Å². The molecule has 0 aliphatic heterocycles. The van der Waals surface area contributed by atoms with Crippen LogP contribution in [0.2, 0.25) is 6.82 Å². The van der Waals surface area contributed by atoms with Gasteiger partial charge in [-0.25, -0.2) is 4.79 Å². The van der Waals surface area contributed by atoms with Gasteiger partial charge >= 0.3 is 26.2 Å². The Hall–Kier alpha value is -2.04. The zero-order valence-electron chi connectivity index (χ0n) is 19.2. The average molecular weight is 402 g/mol. The fourth-order valence-corrected chi connectivity index (χ4v) is 3.52. The summed E-state index contributed by atoms with van der Waals surface area (Å²) in [5.41, 5.74) is 2.56. The van der Waals surface area contributed by atoms with Crippen LogP contribution < -0.4 is 0 Å². The third kappa shape index (κ3) is 8.08. The maximum absolute atomic E-state index is 12.2. The molecule has 0 heterocycles. The SMILES string of the molecule is C=BC.CC.CCCCCc1cc(O)c(C2C=C(C)CCC2)c(O)c1C(=O)OC. The second-order valence-electron chi connectivity index (χ2n) is 7.06. The van der Waals surface area contributed by atoms with E-state index in [-0.39, 0.29) is 23.0 Å². The summed E-state index contributed by atoms with van der Waals surface area (Å²) in [5.74, 6) is -0.657. The number of aromatic hydroxyl groups is 2. The van der Waals surface area contributed by atoms with Crippen LogP contribution in [0.3, 0.4) is 0 Å². The minimum atomic E-state index is -0.545. The molecule has 1 aromatic carbocycles. The molecule has 0 radical (unpaired) electrons. The molecule has 1 atom stereocenters. The van der Waals surface area contributed by atoms with Gasteiger partial charge < -0.3 is 14.9 Å². The maximum atomic E-state index is 12.2. The largest absolute Gasteiger partial charge is 0.507 e. The molecule has 0 fully saturated rings. The van der Waals surface area contributed by atoms with Crippen LogP contribution >= 0.6 is 0 Å². The predicted molar refractivity (Wildman–Crippen MR) is 125 cm³/mol. The Bertz CT molecular complexity index is 680. The Morgan fingerprint density at radius 1 is 1.31 bits per heavy atom. The number of hydrogen-bond acceptors (Lipinski definition) is 4. The first-order valence-electron chi connectivity index (χ1n) is 10.8. The van der Waals surface area contributed by atoms with Crippen LogP contribution in [0.15, 0.2) is 17.7 Å². The summed E-state index contributed by atoms with van der Waals surface area (Å²) in [6, 6.07) is 1.63. The molecule has 0 amide bonds. The summed E-state index contributed by atoms with van der Waals surface area (Å²) in [6.45, 7) is 15.2. The number of hydrogen-bond donors (Lipinski definition) is 2. The quantitative estimate of drug-likeness (QED) is 0.264. The van der Waals surface area contributed by atoms with Gasteiger partial charge in [-0.3, -0.25) is 0 Å². The van der Waals surface area contributed by atoms with E-state index in [0.717, 1.165) is 38.5 Å². The number of phenolic OH excluding ortho intramolecular Hbond substituents is 2. The number of benzene rings is 1. The molecule has 1 unspecified atom stereocenters. The van der Waals surface area contributed by atoms with Crippen LogP contribution in [0.4, 0.5) is 0 Å². The third-order valence-electron chi connectivity index (χ3n) is 4.78. The molecule has 2 rings (SSSR count). The molecule has 1 aliphatic carbocycles. The molecule has 5 heteroatoms. The normalized spacial score (nSPS) is 15.0. The Labute approximate surface area is 177 Å². The van der Waals surface area contributed by atoms with Crippen molar-refractivity contribution in [2.24, 2.45) is 0 Å². The van der Waals surface area contributed by atoms with Crippen LogP contribution in [0.25, 0.3) is 0 Å². The van der Waals surface area contributed by atoms with Gasteiger partial charge in [0.15, 0.2) is 0 Å². The molecule has 162 valence electrons. The van der Waals surface area contributed by atoms with E-state index < -0.39 is 5.97 Å². The smallest absolute Gasteiger partial charge is 0.341 e. The molecule has 0 aromatic heterocycles. The number of rotatable bonds is 6. The molecule has 29 heavy (non-hydrogen) atoms. The topological polar surface area (TPSA) is 66.8 Å². The van der Waals surface area contributed by atoms with E-state index in [1.54, 1.807) is 13.0 Å². The van der Waals surface area contributed by atoms with Gasteiger partial charge in [0.05, 0.1) is 7.11 Å². The van der Waals surface area contributed by atoms with Gasteiger partial charge in [0.25, 0.3) is 0 Å². The van der Waals surface area contributed by atoms with Crippen molar-refractivity contribution in [3.05, 3.63) is 34.4 Å². The molecular weight excluding hydrogens is 363 g/mol. The van der Waals surface area contributed by atoms with Crippen LogP contribution in [0.5, 0.6) is 11.5 Å². The summed E-state index contributed by atoms with van der Waals surface area (Å²) in [5, 5.41) is 21.3. The Kier molecular flexibility index (Phi) is 13.8. The maximum Gasteiger partial charge on any atom is 0.341 e. The van der Waals surface area contributed by atoms with Crippen molar-refractivity contribution >= 4 is 19.4 Å². The first-order valence-corrected chi connectivity index (χ1v) is 10.8. The van der Waals surface area contributed by atoms with Crippen molar-refractivity contribution in [3.8, 4) is 11.5 Å². The Morgan fingerprint density at radius 2 is 1.93 bits per heavy atom. The molecule has 0 saturated carbocycles. The zero-order valence-corrected chi connectivity index (χ0v) is 19.2. The van der Waals surface area contributed by atoms with Crippen molar-refractivity contribution in [1.29, 1.82) is 0 Å². The Balaban J connectivity index is 0.00000143. The van der Waals surface area contributed by atoms with Crippen LogP contribution in [-0.4, -0.2) is 36.7 Å². The second kappa shape index (κ2) is 14.9. The standard InChI is InChI=1S/C20H28O4.C2H5B.C2H6/c1-4-5-6-9-15-12-16(21)17(14-10-7-8-13(2)11-14)19(22)18(15)20(23)24-3;1-3-2;1-2/h11-12,14,21-22H,4-10H2,1-3H3;1H2,2H3;1-2H3. The number of ether oxygens (including phenoxy) is 1. The van der Waals surface area contributed by atoms with Gasteiger partial charge in [0, 0.05) is 11.5 Å². The molecule has 0 bridgehead atoms. The third-order valence-corrected chi connectivity index (χ3v) is 4.78. The monoisotopic (exact) mass is 402 g/mol. The van der Waals surface area contributed by atoms with E-state index in [0.29, 0.717) is 17.5 Å². The van der Waals surface area contributed by atoms with Crippen molar-refractivity contribution in [3.63, 3.8) is 0 Å². The summed E-state index contributed by atoms with van der Waals surface area (Å²) < 4.78 is 4.87. The number of allylic oxidation sites excluding steroid dienone is 2. The van der Waals surface area contributed by atoms with Gasteiger partial charge in [-0.15, -0.1) is 0 Å². The number of unbranched alkanes of at least 4 members (excludes halogenated alkanes) is 2. The molecule has 1 aromatic rings. The average Bonchev–Trinajstić information content (AvgIpc) is 2.70. The van der Waals surface area contributed by atoms with Crippen molar-refractivity contribution in [1.82, 2.24) is 0 Å². The van der Waals surface area contributed by atoms with Crippen molar-refractivity contribution < 1.29 is 19.7 Å². The van der Waals surface area contributed by atoms with E-state index >= 15 is 0 Å². The number of carbonyl (C=O) groups is 1. The van der Waals surface area contributed by atoms with Gasteiger partial charge in [0.1, 0.15) is 17.1 Å². The Morgan fingerprint density at radius 3 is 2.45 bits per heavy atom. The van der Waals surface area contributed by atoms with Gasteiger partial charge in [-0.05, 0) is 50.7 Å². The number of aryl methyl sites for hydroxylation is 1. The fraction of sp³-hybridized carbons (Fsp3) is 0.583. The first-order chi connectivity index (χ1) is 13.9. The molecule has 4 nitrogen and oxygen atoms in total. The van der Waals surface area contributed by atoms with Crippen molar-refractivity contribution in [2.75, 3.05) is 7.11 Å².